The van der Waals surface area contributed by atoms with Crippen LogP contribution in [0.3, 0.4) is 0 Å². The summed E-state index contributed by atoms with van der Waals surface area (Å²) in [5.41, 5.74) is 13.7. The minimum atomic E-state index is 0.520. The van der Waals surface area contributed by atoms with Crippen molar-refractivity contribution in [2.75, 3.05) is 11.5 Å². The largest absolute Gasteiger partial charge is 0.383 e. The van der Waals surface area contributed by atoms with Crippen LogP contribution in [-0.2, 0) is 12.8 Å². The quantitative estimate of drug-likeness (QED) is 0.868. The molecule has 0 aliphatic heterocycles. The maximum absolute atomic E-state index is 8.52. The fourth-order valence-electron chi connectivity index (χ4n) is 1.64. The van der Waals surface area contributed by atoms with Crippen LogP contribution >= 0.6 is 15.9 Å². The molecule has 0 unspecified atom stereocenters. The molecule has 6 heteroatoms. The molecule has 2 aromatic rings. The van der Waals surface area contributed by atoms with Gasteiger partial charge in [0.1, 0.15) is 17.7 Å². The Morgan fingerprint density at radius 2 is 1.57 bits per heavy atom. The van der Waals surface area contributed by atoms with Gasteiger partial charge in [0, 0.05) is 16.9 Å². The molecule has 0 aliphatic rings. The number of aryl methyl sites for hydroxylation is 2. The minimum absolute atomic E-state index is 0.520. The first-order valence-electron chi connectivity index (χ1n) is 6.56. The Morgan fingerprint density at radius 3 is 2.05 bits per heavy atom. The normalized spacial score (nSPS) is 9.43. The average Bonchev–Trinajstić information content (AvgIpc) is 2.51. The summed E-state index contributed by atoms with van der Waals surface area (Å²) in [7, 11) is 0. The summed E-state index contributed by atoms with van der Waals surface area (Å²) in [5.74, 6) is 1.15. The van der Waals surface area contributed by atoms with E-state index in [1.807, 2.05) is 19.1 Å². The molecule has 0 bridgehead atoms. The number of aromatic nitrogens is 2. The van der Waals surface area contributed by atoms with Gasteiger partial charge in [-0.3, -0.25) is 0 Å². The number of nitriles is 1. The number of halogens is 1. The molecule has 0 aliphatic carbocycles. The Balaban J connectivity index is 0.000000211. The zero-order valence-corrected chi connectivity index (χ0v) is 13.7. The van der Waals surface area contributed by atoms with Gasteiger partial charge in [0.2, 0.25) is 0 Å². The predicted octanol–water partition coefficient (Wildman–Crippen LogP) is 3.09. The summed E-state index contributed by atoms with van der Waals surface area (Å²) in [5, 5.41) is 8.52. The van der Waals surface area contributed by atoms with Crippen LogP contribution in [0.2, 0.25) is 0 Å². The van der Waals surface area contributed by atoms with E-state index >= 15 is 0 Å². The molecule has 0 fully saturated rings. The van der Waals surface area contributed by atoms with E-state index in [0.29, 0.717) is 17.2 Å². The van der Waals surface area contributed by atoms with E-state index < -0.39 is 0 Å². The Hall–Kier alpha value is -2.13. The first-order valence-corrected chi connectivity index (χ1v) is 7.35. The summed E-state index contributed by atoms with van der Waals surface area (Å²) < 4.78 is 0.985. The molecule has 2 heterocycles. The molecule has 0 atom stereocenters. The number of nitrogens with zero attached hydrogens (tertiary/aromatic N) is 3. The van der Waals surface area contributed by atoms with Gasteiger partial charge < -0.3 is 11.5 Å². The second-order valence-corrected chi connectivity index (χ2v) is 5.20. The van der Waals surface area contributed by atoms with Gasteiger partial charge in [0.25, 0.3) is 0 Å². The zero-order valence-electron chi connectivity index (χ0n) is 12.1. The van der Waals surface area contributed by atoms with Crippen molar-refractivity contribution in [3.8, 4) is 6.07 Å². The molecule has 0 saturated heterocycles. The Morgan fingerprint density at radius 1 is 1.05 bits per heavy atom. The lowest BCUT2D eigenvalue weighted by Crippen LogP contribution is -1.96. The summed E-state index contributed by atoms with van der Waals surface area (Å²) in [4.78, 5) is 7.86. The van der Waals surface area contributed by atoms with Gasteiger partial charge in [-0.2, -0.15) is 5.26 Å². The molecular formula is C15H18BrN5. The number of nitrogens with two attached hydrogens (primary N) is 2. The zero-order chi connectivity index (χ0) is 15.8. The first-order chi connectivity index (χ1) is 10.0. The highest BCUT2D eigenvalue weighted by Crippen LogP contribution is 2.15. The number of hydrogen-bond acceptors (Lipinski definition) is 5. The fourth-order valence-corrected chi connectivity index (χ4v) is 2.02. The van der Waals surface area contributed by atoms with Crippen LogP contribution in [0, 0.1) is 11.3 Å². The molecule has 2 rings (SSSR count). The topological polar surface area (TPSA) is 102 Å². The van der Waals surface area contributed by atoms with Crippen molar-refractivity contribution >= 4 is 27.6 Å². The van der Waals surface area contributed by atoms with Crippen molar-refractivity contribution in [3.05, 3.63) is 45.7 Å². The maximum Gasteiger partial charge on any atom is 0.126 e. The average molecular weight is 348 g/mol. The molecule has 5 nitrogen and oxygen atoms in total. The number of rotatable bonds is 2. The van der Waals surface area contributed by atoms with Crippen LogP contribution in [0.1, 0.15) is 30.5 Å². The standard InChI is InChI=1S/C8H9N3.C7H9BrN2/c1-2-7-3-6(4-9)5-11-8(7)10;1-2-5-3-6(8)4-10-7(5)9/h3,5H,2H2,1H3,(H2,10,11);3-4H,2H2,1H3,(H2,9,10). The highest BCUT2D eigenvalue weighted by Gasteiger charge is 1.98. The van der Waals surface area contributed by atoms with E-state index in [2.05, 4.69) is 32.8 Å². The highest BCUT2D eigenvalue weighted by atomic mass is 79.9. The maximum atomic E-state index is 8.52. The van der Waals surface area contributed by atoms with E-state index in [9.17, 15) is 0 Å². The molecule has 4 N–H and O–H groups in total. The van der Waals surface area contributed by atoms with Crippen molar-refractivity contribution in [2.45, 2.75) is 26.7 Å². The van der Waals surface area contributed by atoms with Crippen LogP contribution < -0.4 is 11.5 Å². The Labute approximate surface area is 133 Å². The lowest BCUT2D eigenvalue weighted by atomic mass is 10.1. The molecule has 0 aromatic carbocycles. The lowest BCUT2D eigenvalue weighted by molar-refractivity contribution is 1.11. The van der Waals surface area contributed by atoms with Gasteiger partial charge >= 0.3 is 0 Å². The van der Waals surface area contributed by atoms with Crippen molar-refractivity contribution in [1.82, 2.24) is 9.97 Å². The van der Waals surface area contributed by atoms with Gasteiger partial charge in [0.15, 0.2) is 0 Å². The van der Waals surface area contributed by atoms with Crippen molar-refractivity contribution < 1.29 is 0 Å². The van der Waals surface area contributed by atoms with Crippen LogP contribution in [0.15, 0.2) is 29.0 Å². The fraction of sp³-hybridized carbons (Fsp3) is 0.267. The minimum Gasteiger partial charge on any atom is -0.383 e. The van der Waals surface area contributed by atoms with E-state index in [0.717, 1.165) is 28.4 Å². The molecular weight excluding hydrogens is 330 g/mol. The van der Waals surface area contributed by atoms with Crippen LogP contribution in [-0.4, -0.2) is 9.97 Å². The van der Waals surface area contributed by atoms with Gasteiger partial charge in [0.05, 0.1) is 5.56 Å². The third-order valence-corrected chi connectivity index (χ3v) is 3.29. The summed E-state index contributed by atoms with van der Waals surface area (Å²) >= 11 is 3.32. The first kappa shape index (κ1) is 16.9. The Bertz CT molecular complexity index is 649. The van der Waals surface area contributed by atoms with Gasteiger partial charge in [-0.15, -0.1) is 0 Å². The third-order valence-electron chi connectivity index (χ3n) is 2.86. The van der Waals surface area contributed by atoms with Crippen molar-refractivity contribution in [2.24, 2.45) is 0 Å². The van der Waals surface area contributed by atoms with E-state index in [-0.39, 0.29) is 0 Å². The van der Waals surface area contributed by atoms with E-state index in [1.54, 1.807) is 12.3 Å². The van der Waals surface area contributed by atoms with Crippen molar-refractivity contribution in [1.29, 1.82) is 5.26 Å². The summed E-state index contributed by atoms with van der Waals surface area (Å²) in [6.45, 7) is 4.04. The molecule has 0 spiro atoms. The number of nitrogen functional groups attached to an aromatic ring is 2. The molecule has 0 radical (unpaired) electrons. The molecule has 0 saturated carbocycles. The molecule has 21 heavy (non-hydrogen) atoms. The monoisotopic (exact) mass is 347 g/mol. The predicted molar refractivity (Wildman–Crippen MR) is 88.5 cm³/mol. The number of anilines is 2. The summed E-state index contributed by atoms with van der Waals surface area (Å²) in [6.07, 6.45) is 4.93. The number of pyridine rings is 2. The van der Waals surface area contributed by atoms with Gasteiger partial charge in [-0.25, -0.2) is 9.97 Å². The lowest BCUT2D eigenvalue weighted by Gasteiger charge is -2.00. The SMILES string of the molecule is CCc1cc(Br)cnc1N.CCc1cc(C#N)cnc1N. The summed E-state index contributed by atoms with van der Waals surface area (Å²) in [6, 6.07) is 5.77. The van der Waals surface area contributed by atoms with Crippen LogP contribution in [0.5, 0.6) is 0 Å². The third kappa shape index (κ3) is 5.04. The second kappa shape index (κ2) is 8.22. The van der Waals surface area contributed by atoms with Crippen LogP contribution in [0.25, 0.3) is 0 Å². The van der Waals surface area contributed by atoms with E-state index in [1.165, 1.54) is 6.20 Å². The number of hydrogen-bond donors (Lipinski definition) is 2. The highest BCUT2D eigenvalue weighted by molar-refractivity contribution is 9.10. The van der Waals surface area contributed by atoms with Gasteiger partial charge in [-0.05, 0) is 52.0 Å². The van der Waals surface area contributed by atoms with Gasteiger partial charge in [-0.1, -0.05) is 13.8 Å². The van der Waals surface area contributed by atoms with Crippen molar-refractivity contribution in [3.63, 3.8) is 0 Å². The molecule has 0 amide bonds. The second-order valence-electron chi connectivity index (χ2n) is 4.29. The Kier molecular flexibility index (Phi) is 6.63. The molecule has 2 aromatic heterocycles. The van der Waals surface area contributed by atoms with E-state index in [4.69, 9.17) is 16.7 Å². The molecule has 110 valence electrons. The van der Waals surface area contributed by atoms with Crippen LogP contribution in [0.4, 0.5) is 11.6 Å². The smallest absolute Gasteiger partial charge is 0.126 e.